The normalized spacial score (nSPS) is 11.6. The van der Waals surface area contributed by atoms with Crippen molar-refractivity contribution in [3.8, 4) is 0 Å². The molecule has 0 aromatic heterocycles. The van der Waals surface area contributed by atoms with E-state index in [9.17, 15) is 9.59 Å². The van der Waals surface area contributed by atoms with Crippen LogP contribution in [-0.2, 0) is 19.2 Å². The quantitative estimate of drug-likeness (QED) is 0.421. The lowest BCUT2D eigenvalue weighted by atomic mass is 10.2. The van der Waals surface area contributed by atoms with E-state index in [1.54, 1.807) is 0 Å². The van der Waals surface area contributed by atoms with Crippen LogP contribution in [0.15, 0.2) is 0 Å². The first-order chi connectivity index (χ1) is 8.10. The second-order valence-electron chi connectivity index (χ2n) is 3.21. The fourth-order valence-electron chi connectivity index (χ4n) is 1.14. The van der Waals surface area contributed by atoms with Crippen LogP contribution < -0.4 is 0 Å². The monoisotopic (exact) mass is 250 g/mol. The van der Waals surface area contributed by atoms with Gasteiger partial charge in [0.05, 0.1) is 6.10 Å². The third-order valence-electron chi connectivity index (χ3n) is 1.85. The summed E-state index contributed by atoms with van der Waals surface area (Å²) >= 11 is 0. The van der Waals surface area contributed by atoms with Gasteiger partial charge >= 0.3 is 12.3 Å². The van der Waals surface area contributed by atoms with E-state index in [0.29, 0.717) is 6.61 Å². The minimum absolute atomic E-state index is 0.00958. The van der Waals surface area contributed by atoms with Gasteiger partial charge in [0.1, 0.15) is 6.61 Å². The van der Waals surface area contributed by atoms with Crippen molar-refractivity contribution in [2.45, 2.75) is 39.2 Å². The van der Waals surface area contributed by atoms with E-state index >= 15 is 0 Å². The number of unbranched alkanes of at least 4 members (excludes halogenated alkanes) is 1. The molecule has 0 aliphatic carbocycles. The molecule has 0 spiro atoms. The average molecular weight is 250 g/mol. The third-order valence-corrected chi connectivity index (χ3v) is 1.85. The smallest absolute Gasteiger partial charge is 0.447 e. The topological polar surface area (TPSA) is 91.3 Å². The molecule has 0 aliphatic heterocycles. The zero-order chi connectivity index (χ0) is 13.1. The van der Waals surface area contributed by atoms with Crippen LogP contribution in [0.5, 0.6) is 0 Å². The van der Waals surface area contributed by atoms with Gasteiger partial charge in [-0.15, -0.1) is 0 Å². The molecule has 0 saturated carbocycles. The van der Waals surface area contributed by atoms with Gasteiger partial charge < -0.3 is 14.6 Å². The second-order valence-corrected chi connectivity index (χ2v) is 3.21. The molecule has 7 nitrogen and oxygen atoms in total. The van der Waals surface area contributed by atoms with Crippen molar-refractivity contribution in [2.75, 3.05) is 13.2 Å². The maximum atomic E-state index is 10.8. The summed E-state index contributed by atoms with van der Waals surface area (Å²) in [6, 6.07) is 0. The number of carbonyl (C=O) groups excluding carboxylic acids is 1. The number of carbonyl (C=O) groups is 2. The van der Waals surface area contributed by atoms with E-state index < -0.39 is 12.3 Å². The molecule has 7 heteroatoms. The molecule has 0 amide bonds. The molecule has 1 atom stereocenters. The Labute approximate surface area is 99.5 Å². The molecule has 0 fully saturated rings. The Morgan fingerprint density at radius 2 is 1.94 bits per heavy atom. The highest BCUT2D eigenvalue weighted by molar-refractivity contribution is 5.62. The minimum Gasteiger partial charge on any atom is -0.447 e. The van der Waals surface area contributed by atoms with Crippen LogP contribution >= 0.6 is 0 Å². The molecular weight excluding hydrogens is 232 g/mol. The molecule has 0 heterocycles. The summed E-state index contributed by atoms with van der Waals surface area (Å²) in [4.78, 5) is 28.1. The number of ether oxygens (including phenoxy) is 2. The van der Waals surface area contributed by atoms with Gasteiger partial charge in [-0.2, -0.15) is 9.68 Å². The van der Waals surface area contributed by atoms with E-state index in [0.717, 1.165) is 19.3 Å². The van der Waals surface area contributed by atoms with Gasteiger partial charge in [-0.05, 0) is 13.3 Å². The highest BCUT2D eigenvalue weighted by Crippen LogP contribution is 2.06. The number of hydrogen-bond acceptors (Lipinski definition) is 6. The summed E-state index contributed by atoms with van der Waals surface area (Å²) in [5.74, 6) is 0. The molecule has 1 N–H and O–H groups in total. The van der Waals surface area contributed by atoms with Gasteiger partial charge in [-0.25, -0.2) is 9.68 Å². The molecule has 0 aromatic carbocycles. The minimum atomic E-state index is -1.71. The molecular formula is C10H18O7. The molecule has 0 rings (SSSR count). The zero-order valence-corrected chi connectivity index (χ0v) is 10.0. The summed E-state index contributed by atoms with van der Waals surface area (Å²) in [6.45, 7) is 4.40. The second kappa shape index (κ2) is 9.71. The largest absolute Gasteiger partial charge is 0.550 e. The molecule has 0 aliphatic rings. The highest BCUT2D eigenvalue weighted by Gasteiger charge is 2.14. The fraction of sp³-hybridized carbons (Fsp3) is 0.800. The predicted octanol–water partition coefficient (Wildman–Crippen LogP) is 2.34. The summed E-state index contributed by atoms with van der Waals surface area (Å²) in [7, 11) is 0. The number of hydrogen-bond donors (Lipinski definition) is 1. The summed E-state index contributed by atoms with van der Waals surface area (Å²) in [5.41, 5.74) is 0. The van der Waals surface area contributed by atoms with Crippen LogP contribution in [0.4, 0.5) is 9.59 Å². The van der Waals surface area contributed by atoms with Crippen molar-refractivity contribution in [3.05, 3.63) is 0 Å². The number of carboxylic acid groups (broad SMARTS) is 1. The van der Waals surface area contributed by atoms with E-state index in [4.69, 9.17) is 9.84 Å². The SMILES string of the molecule is CCCCC(COC(=O)OOC(=O)O)OCC. The standard InChI is InChI=1S/C10H18O7/c1-3-5-6-8(14-4-2)7-15-10(13)17-16-9(11)12/h8H,3-7H2,1-2H3,(H,11,12). The van der Waals surface area contributed by atoms with Gasteiger partial charge in [-0.1, -0.05) is 19.8 Å². The average Bonchev–Trinajstić information content (AvgIpc) is 2.30. The van der Waals surface area contributed by atoms with Crippen LogP contribution in [-0.4, -0.2) is 36.7 Å². The van der Waals surface area contributed by atoms with Crippen LogP contribution in [0.2, 0.25) is 0 Å². The van der Waals surface area contributed by atoms with Crippen molar-refractivity contribution in [3.63, 3.8) is 0 Å². The van der Waals surface area contributed by atoms with Crippen LogP contribution in [0, 0.1) is 0 Å². The van der Waals surface area contributed by atoms with Crippen LogP contribution in [0.1, 0.15) is 33.1 Å². The van der Waals surface area contributed by atoms with E-state index in [2.05, 4.69) is 14.5 Å². The molecule has 17 heavy (non-hydrogen) atoms. The Balaban J connectivity index is 3.77. The Morgan fingerprint density at radius 3 is 2.47 bits per heavy atom. The van der Waals surface area contributed by atoms with Gasteiger partial charge in [0, 0.05) is 6.61 Å². The summed E-state index contributed by atoms with van der Waals surface area (Å²) in [6.07, 6.45) is -0.400. The first-order valence-electron chi connectivity index (χ1n) is 5.45. The summed E-state index contributed by atoms with van der Waals surface area (Å²) < 4.78 is 9.96. The Bertz CT molecular complexity index is 229. The van der Waals surface area contributed by atoms with Gasteiger partial charge in [-0.3, -0.25) is 0 Å². The van der Waals surface area contributed by atoms with Crippen molar-refractivity contribution >= 4 is 12.3 Å². The lowest BCUT2D eigenvalue weighted by Gasteiger charge is -2.15. The fourth-order valence-corrected chi connectivity index (χ4v) is 1.14. The van der Waals surface area contributed by atoms with Gasteiger partial charge in [0.25, 0.3) is 0 Å². The lowest BCUT2D eigenvalue weighted by molar-refractivity contribution is -0.215. The molecule has 0 radical (unpaired) electrons. The predicted molar refractivity (Wildman–Crippen MR) is 56.5 cm³/mol. The Hall–Kier alpha value is -1.50. The first-order valence-corrected chi connectivity index (χ1v) is 5.45. The van der Waals surface area contributed by atoms with Crippen LogP contribution in [0.3, 0.4) is 0 Å². The Kier molecular flexibility index (Phi) is 8.85. The Morgan fingerprint density at radius 1 is 1.24 bits per heavy atom. The highest BCUT2D eigenvalue weighted by atomic mass is 17.3. The molecule has 100 valence electrons. The van der Waals surface area contributed by atoms with Crippen molar-refractivity contribution in [2.24, 2.45) is 0 Å². The summed E-state index contributed by atoms with van der Waals surface area (Å²) in [5, 5.41) is 8.06. The van der Waals surface area contributed by atoms with Crippen molar-refractivity contribution < 1.29 is 33.9 Å². The van der Waals surface area contributed by atoms with Gasteiger partial charge in [0.2, 0.25) is 0 Å². The first kappa shape index (κ1) is 15.5. The molecule has 0 aromatic rings. The van der Waals surface area contributed by atoms with Crippen molar-refractivity contribution in [1.82, 2.24) is 0 Å². The van der Waals surface area contributed by atoms with Crippen LogP contribution in [0.25, 0.3) is 0 Å². The van der Waals surface area contributed by atoms with E-state index in [1.807, 2.05) is 13.8 Å². The molecule has 0 bridgehead atoms. The lowest BCUT2D eigenvalue weighted by Crippen LogP contribution is -2.23. The maximum absolute atomic E-state index is 10.8. The molecule has 1 unspecified atom stereocenters. The maximum Gasteiger partial charge on any atom is 0.550 e. The van der Waals surface area contributed by atoms with Gasteiger partial charge in [0.15, 0.2) is 0 Å². The zero-order valence-electron chi connectivity index (χ0n) is 10.0. The van der Waals surface area contributed by atoms with Crippen molar-refractivity contribution in [1.29, 1.82) is 0 Å². The molecule has 0 saturated heterocycles. The number of rotatable bonds is 7. The third kappa shape index (κ3) is 9.43. The van der Waals surface area contributed by atoms with E-state index in [1.165, 1.54) is 0 Å². The van der Waals surface area contributed by atoms with E-state index in [-0.39, 0.29) is 12.7 Å².